The summed E-state index contributed by atoms with van der Waals surface area (Å²) >= 11 is 0. The number of anilines is 1. The molecule has 0 radical (unpaired) electrons. The van der Waals surface area contributed by atoms with Gasteiger partial charge in [0, 0.05) is 30.2 Å². The van der Waals surface area contributed by atoms with Crippen molar-refractivity contribution in [3.63, 3.8) is 0 Å². The molecule has 1 aromatic heterocycles. The van der Waals surface area contributed by atoms with Crippen molar-refractivity contribution in [3.05, 3.63) is 76.4 Å². The maximum absolute atomic E-state index is 12.9. The molecule has 0 saturated carbocycles. The topological polar surface area (TPSA) is 109 Å². The van der Waals surface area contributed by atoms with E-state index in [-0.39, 0.29) is 22.1 Å². The number of nitrogens with two attached hydrogens (primary N) is 1. The molecule has 7 nitrogen and oxygen atoms in total. The summed E-state index contributed by atoms with van der Waals surface area (Å²) < 4.78 is 31.1. The van der Waals surface area contributed by atoms with Crippen LogP contribution < -0.4 is 15.4 Å². The third-order valence-corrected chi connectivity index (χ3v) is 6.94. The van der Waals surface area contributed by atoms with Gasteiger partial charge in [-0.15, -0.1) is 0 Å². The zero-order chi connectivity index (χ0) is 19.9. The summed E-state index contributed by atoms with van der Waals surface area (Å²) in [6.07, 6.45) is 3.50. The molecule has 2 aliphatic rings. The summed E-state index contributed by atoms with van der Waals surface area (Å²) in [6.45, 7) is 0. The number of nitriles is 1. The normalized spacial score (nSPS) is 20.7. The molecule has 0 spiro atoms. The lowest BCUT2D eigenvalue weighted by Crippen LogP contribution is -2.34. The molecule has 0 saturated heterocycles. The van der Waals surface area contributed by atoms with E-state index in [2.05, 4.69) is 11.1 Å². The second-order valence-corrected chi connectivity index (χ2v) is 8.62. The Bertz CT molecular complexity index is 1130. The highest BCUT2D eigenvalue weighted by molar-refractivity contribution is 7.95. The molecule has 0 aliphatic carbocycles. The van der Waals surface area contributed by atoms with Crippen LogP contribution in [0.15, 0.2) is 70.8 Å². The Morgan fingerprint density at radius 1 is 1.21 bits per heavy atom. The van der Waals surface area contributed by atoms with Crippen molar-refractivity contribution in [1.82, 2.24) is 4.98 Å². The van der Waals surface area contributed by atoms with E-state index >= 15 is 0 Å². The van der Waals surface area contributed by atoms with Crippen LogP contribution >= 0.6 is 0 Å². The first-order valence-corrected chi connectivity index (χ1v) is 10.3. The molecular weight excluding hydrogens is 376 g/mol. The first-order valence-electron chi connectivity index (χ1n) is 8.67. The molecule has 1 atom stereocenters. The van der Waals surface area contributed by atoms with Crippen LogP contribution in [-0.2, 0) is 9.84 Å². The van der Waals surface area contributed by atoms with E-state index in [1.165, 1.54) is 0 Å². The number of nitrogens with zero attached hydrogens (tertiary/aromatic N) is 3. The predicted molar refractivity (Wildman–Crippen MR) is 105 cm³/mol. The van der Waals surface area contributed by atoms with Crippen molar-refractivity contribution in [2.75, 3.05) is 17.8 Å². The van der Waals surface area contributed by atoms with Gasteiger partial charge < -0.3 is 10.5 Å². The van der Waals surface area contributed by atoms with Crippen molar-refractivity contribution in [1.29, 1.82) is 5.26 Å². The molecule has 0 bridgehead atoms. The molecule has 1 aromatic carbocycles. The van der Waals surface area contributed by atoms with E-state index in [0.29, 0.717) is 29.1 Å². The Hall–Kier alpha value is -3.31. The fourth-order valence-corrected chi connectivity index (χ4v) is 5.63. The van der Waals surface area contributed by atoms with Crippen LogP contribution in [0.25, 0.3) is 0 Å². The van der Waals surface area contributed by atoms with Crippen LogP contribution in [0.3, 0.4) is 0 Å². The average Bonchev–Trinajstić information content (AvgIpc) is 3.02. The maximum Gasteiger partial charge on any atom is 0.177 e. The van der Waals surface area contributed by atoms with Crippen molar-refractivity contribution >= 4 is 15.5 Å². The van der Waals surface area contributed by atoms with E-state index in [0.717, 1.165) is 0 Å². The highest BCUT2D eigenvalue weighted by Crippen LogP contribution is 2.48. The molecule has 0 amide bonds. The number of allylic oxidation sites excluding steroid dienone is 3. The molecule has 2 aliphatic heterocycles. The maximum atomic E-state index is 12.9. The lowest BCUT2D eigenvalue weighted by Gasteiger charge is -2.35. The van der Waals surface area contributed by atoms with Crippen LogP contribution in [0, 0.1) is 11.3 Å². The first-order chi connectivity index (χ1) is 13.5. The van der Waals surface area contributed by atoms with Crippen LogP contribution in [0.4, 0.5) is 5.69 Å². The van der Waals surface area contributed by atoms with Crippen molar-refractivity contribution in [2.24, 2.45) is 5.73 Å². The molecular formula is C20H18N4O3S. The lowest BCUT2D eigenvalue weighted by atomic mass is 9.87. The Morgan fingerprint density at radius 2 is 1.89 bits per heavy atom. The number of ether oxygens (including phenoxy) is 1. The van der Waals surface area contributed by atoms with Gasteiger partial charge in [0.15, 0.2) is 9.84 Å². The van der Waals surface area contributed by atoms with Gasteiger partial charge in [-0.25, -0.2) is 8.42 Å². The van der Waals surface area contributed by atoms with E-state index in [4.69, 9.17) is 10.5 Å². The van der Waals surface area contributed by atoms with Gasteiger partial charge in [0.2, 0.25) is 0 Å². The number of benzene rings is 1. The molecule has 4 rings (SSSR count). The highest BCUT2D eigenvalue weighted by Gasteiger charge is 2.45. The SMILES string of the molecule is COc1ccc(N2C(N)=C(C#N)[C@@H](c3ccncc3)C3=C2CCS3(=O)=O)cc1. The molecule has 0 unspecified atom stereocenters. The van der Waals surface area contributed by atoms with Crippen LogP contribution in [-0.4, -0.2) is 26.3 Å². The number of methoxy groups -OCH3 is 1. The van der Waals surface area contributed by atoms with Gasteiger partial charge in [-0.1, -0.05) is 0 Å². The number of pyridine rings is 1. The first kappa shape index (κ1) is 18.1. The Morgan fingerprint density at radius 3 is 2.50 bits per heavy atom. The standard InChI is InChI=1S/C20H18N4O3S/c1-27-15-4-2-14(3-5-15)24-17-8-11-28(25,26)19(17)18(16(12-21)20(24)22)13-6-9-23-10-7-13/h2-7,9-10,18H,8,11,22H2,1H3/t18-/m1/s1. The van der Waals surface area contributed by atoms with Crippen molar-refractivity contribution in [3.8, 4) is 11.8 Å². The average molecular weight is 394 g/mol. The van der Waals surface area contributed by atoms with Gasteiger partial charge in [0.05, 0.1) is 35.3 Å². The monoisotopic (exact) mass is 394 g/mol. The number of sulfone groups is 1. The van der Waals surface area contributed by atoms with Gasteiger partial charge in [-0.2, -0.15) is 5.26 Å². The molecule has 8 heteroatoms. The quantitative estimate of drug-likeness (QED) is 0.851. The summed E-state index contributed by atoms with van der Waals surface area (Å²) in [7, 11) is -1.94. The van der Waals surface area contributed by atoms with Crippen LogP contribution in [0.2, 0.25) is 0 Å². The summed E-state index contributed by atoms with van der Waals surface area (Å²) in [4.78, 5) is 5.92. The van der Waals surface area contributed by atoms with E-state index < -0.39 is 15.8 Å². The Balaban J connectivity index is 1.96. The molecule has 2 aromatic rings. The molecule has 28 heavy (non-hydrogen) atoms. The smallest absolute Gasteiger partial charge is 0.177 e. The third-order valence-electron chi connectivity index (χ3n) is 5.06. The minimum atomic E-state index is -3.51. The second-order valence-electron chi connectivity index (χ2n) is 6.54. The highest BCUT2D eigenvalue weighted by atomic mass is 32.2. The molecule has 0 fully saturated rings. The van der Waals surface area contributed by atoms with Gasteiger partial charge in [-0.3, -0.25) is 9.88 Å². The van der Waals surface area contributed by atoms with Gasteiger partial charge in [-0.05, 0) is 42.0 Å². The van der Waals surface area contributed by atoms with Crippen molar-refractivity contribution in [2.45, 2.75) is 12.3 Å². The van der Waals surface area contributed by atoms with Crippen LogP contribution in [0.5, 0.6) is 5.75 Å². The summed E-state index contributed by atoms with van der Waals surface area (Å²) in [6, 6.07) is 12.7. The third kappa shape index (κ3) is 2.72. The summed E-state index contributed by atoms with van der Waals surface area (Å²) in [5.74, 6) is 0.194. The van der Waals surface area contributed by atoms with Crippen LogP contribution in [0.1, 0.15) is 17.9 Å². The molecule has 142 valence electrons. The Kier molecular flexibility index (Phi) is 4.32. The number of aromatic nitrogens is 1. The van der Waals surface area contributed by atoms with Gasteiger partial charge in [0.1, 0.15) is 11.6 Å². The minimum absolute atomic E-state index is 0.00209. The fraction of sp³-hybridized carbons (Fsp3) is 0.200. The van der Waals surface area contributed by atoms with E-state index in [1.54, 1.807) is 60.8 Å². The summed E-state index contributed by atoms with van der Waals surface area (Å²) in [5.41, 5.74) is 8.61. The zero-order valence-electron chi connectivity index (χ0n) is 15.2. The van der Waals surface area contributed by atoms with Gasteiger partial charge >= 0.3 is 0 Å². The minimum Gasteiger partial charge on any atom is -0.497 e. The second kappa shape index (κ2) is 6.69. The lowest BCUT2D eigenvalue weighted by molar-refractivity contribution is 0.415. The number of rotatable bonds is 3. The molecule has 2 N–H and O–H groups in total. The number of hydrogen-bond donors (Lipinski definition) is 1. The Labute approximate surface area is 163 Å². The van der Waals surface area contributed by atoms with Crippen molar-refractivity contribution < 1.29 is 13.2 Å². The summed E-state index contributed by atoms with van der Waals surface area (Å²) in [5, 5.41) is 9.86. The predicted octanol–water partition coefficient (Wildman–Crippen LogP) is 2.42. The van der Waals surface area contributed by atoms with E-state index in [1.807, 2.05) is 0 Å². The fourth-order valence-electron chi connectivity index (χ4n) is 3.78. The van der Waals surface area contributed by atoms with E-state index in [9.17, 15) is 13.7 Å². The number of hydrogen-bond acceptors (Lipinski definition) is 7. The molecule has 3 heterocycles. The zero-order valence-corrected chi connectivity index (χ0v) is 16.0. The largest absolute Gasteiger partial charge is 0.497 e. The van der Waals surface area contributed by atoms with Gasteiger partial charge in [0.25, 0.3) is 0 Å².